The average Bonchev–Trinajstić information content (AvgIpc) is 3.03. The molecule has 11 heteroatoms. The Morgan fingerprint density at radius 1 is 1.17 bits per heavy atom. The normalized spacial score (nSPS) is 12.6. The summed E-state index contributed by atoms with van der Waals surface area (Å²) < 4.78 is 40.2. The number of halogens is 4. The molecule has 29 heavy (non-hydrogen) atoms. The molecule has 0 radical (unpaired) electrons. The van der Waals surface area contributed by atoms with Crippen LogP contribution in [0.4, 0.5) is 13.2 Å². The lowest BCUT2D eigenvalue weighted by Crippen LogP contribution is -2.34. The van der Waals surface area contributed by atoms with E-state index >= 15 is 0 Å². The smallest absolute Gasteiger partial charge is 0.434 e. The lowest BCUT2D eigenvalue weighted by atomic mass is 10.1. The van der Waals surface area contributed by atoms with E-state index in [1.165, 1.54) is 24.4 Å². The number of aromatic hydroxyl groups is 1. The monoisotopic (exact) mass is 424 g/mol. The van der Waals surface area contributed by atoms with Crippen LogP contribution in [-0.4, -0.2) is 26.0 Å². The number of nitrogens with zero attached hydrogens (tertiary/aromatic N) is 3. The lowest BCUT2D eigenvalue weighted by molar-refractivity contribution is -0.0961. The number of rotatable bonds is 5. The SMILES string of the molecule is NN/C(=C(\N)c1ccnc(-n2nc(Cc3ccc(Cl)cc3)cc2O)c1)C(F)(F)F. The number of hydrogen-bond acceptors (Lipinski definition) is 6. The zero-order chi connectivity index (χ0) is 21.2. The van der Waals surface area contributed by atoms with Crippen molar-refractivity contribution in [1.82, 2.24) is 20.2 Å². The maximum atomic E-state index is 13.0. The van der Waals surface area contributed by atoms with Crippen molar-refractivity contribution in [3.05, 3.63) is 76.2 Å². The largest absolute Gasteiger partial charge is 0.493 e. The standard InChI is InChI=1S/C18H16ClF3N6O/c19-12-3-1-10(2-4-12)7-13-9-15(29)28(27-13)14-8-11(5-6-25-14)16(23)17(26-24)18(20,21)22/h1-6,8-9,26,29H,7,23-24H2/b17-16-. The highest BCUT2D eigenvalue weighted by atomic mass is 35.5. The van der Waals surface area contributed by atoms with Gasteiger partial charge in [-0.25, -0.2) is 4.98 Å². The van der Waals surface area contributed by atoms with Crippen LogP contribution in [0.2, 0.25) is 5.02 Å². The van der Waals surface area contributed by atoms with E-state index in [-0.39, 0.29) is 17.3 Å². The molecule has 2 aromatic heterocycles. The second kappa shape index (κ2) is 8.02. The Kier molecular flexibility index (Phi) is 5.66. The van der Waals surface area contributed by atoms with Gasteiger partial charge < -0.3 is 16.3 Å². The maximum Gasteiger partial charge on any atom is 0.434 e. The summed E-state index contributed by atoms with van der Waals surface area (Å²) in [6.07, 6.45) is -3.10. The molecule has 0 fully saturated rings. The molecule has 0 aliphatic rings. The van der Waals surface area contributed by atoms with Crippen LogP contribution >= 0.6 is 11.6 Å². The molecule has 0 bridgehead atoms. The Labute approximate surface area is 168 Å². The number of allylic oxidation sites excluding steroid dienone is 1. The second-order valence-corrected chi connectivity index (χ2v) is 6.48. The number of aromatic nitrogens is 3. The number of hydrogen-bond donors (Lipinski definition) is 4. The summed E-state index contributed by atoms with van der Waals surface area (Å²) in [6, 6.07) is 11.1. The molecule has 0 unspecified atom stereocenters. The number of alkyl halides is 3. The van der Waals surface area contributed by atoms with Crippen molar-refractivity contribution >= 4 is 17.3 Å². The van der Waals surface area contributed by atoms with Crippen molar-refractivity contribution in [2.45, 2.75) is 12.6 Å². The molecule has 0 aliphatic carbocycles. The van der Waals surface area contributed by atoms with E-state index in [2.05, 4.69) is 10.1 Å². The third-order valence-corrected chi connectivity index (χ3v) is 4.26. The molecule has 2 heterocycles. The topological polar surface area (TPSA) is 115 Å². The van der Waals surface area contributed by atoms with Crippen LogP contribution < -0.4 is 17.0 Å². The first-order chi connectivity index (χ1) is 13.7. The molecule has 0 saturated carbocycles. The highest BCUT2D eigenvalue weighted by molar-refractivity contribution is 6.30. The van der Waals surface area contributed by atoms with Crippen LogP contribution in [0.15, 0.2) is 54.4 Å². The van der Waals surface area contributed by atoms with Crippen LogP contribution in [-0.2, 0) is 6.42 Å². The van der Waals surface area contributed by atoms with Gasteiger partial charge in [-0.1, -0.05) is 23.7 Å². The molecule has 0 spiro atoms. The number of nitrogens with one attached hydrogen (secondary N) is 1. The van der Waals surface area contributed by atoms with Gasteiger partial charge in [0.05, 0.1) is 11.4 Å². The van der Waals surface area contributed by atoms with Crippen molar-refractivity contribution in [2.24, 2.45) is 11.6 Å². The fraction of sp³-hybridized carbons (Fsp3) is 0.111. The van der Waals surface area contributed by atoms with E-state index in [0.29, 0.717) is 17.1 Å². The maximum absolute atomic E-state index is 13.0. The van der Waals surface area contributed by atoms with Crippen LogP contribution in [0.3, 0.4) is 0 Å². The van der Waals surface area contributed by atoms with Crippen molar-refractivity contribution in [1.29, 1.82) is 0 Å². The Hall–Kier alpha value is -3.24. The van der Waals surface area contributed by atoms with Crippen LogP contribution in [0.25, 0.3) is 11.5 Å². The Morgan fingerprint density at radius 2 is 1.86 bits per heavy atom. The van der Waals surface area contributed by atoms with Crippen molar-refractivity contribution < 1.29 is 18.3 Å². The number of hydrazine groups is 1. The van der Waals surface area contributed by atoms with Crippen molar-refractivity contribution in [3.63, 3.8) is 0 Å². The molecule has 0 aliphatic heterocycles. The number of pyridine rings is 1. The first kappa shape index (κ1) is 20.5. The Morgan fingerprint density at radius 3 is 2.48 bits per heavy atom. The zero-order valence-corrected chi connectivity index (χ0v) is 15.5. The first-order valence-electron chi connectivity index (χ1n) is 8.21. The minimum Gasteiger partial charge on any atom is -0.493 e. The first-order valence-corrected chi connectivity index (χ1v) is 8.59. The summed E-state index contributed by atoms with van der Waals surface area (Å²) in [5, 5.41) is 15.1. The Bertz CT molecular complexity index is 1050. The lowest BCUT2D eigenvalue weighted by Gasteiger charge is -2.15. The van der Waals surface area contributed by atoms with E-state index in [1.807, 2.05) is 12.1 Å². The fourth-order valence-electron chi connectivity index (χ4n) is 2.64. The third-order valence-electron chi connectivity index (χ3n) is 4.01. The van der Waals surface area contributed by atoms with E-state index in [0.717, 1.165) is 10.2 Å². The molecule has 0 saturated heterocycles. The van der Waals surface area contributed by atoms with Gasteiger partial charge in [-0.3, -0.25) is 5.84 Å². The molecular weight excluding hydrogens is 409 g/mol. The van der Waals surface area contributed by atoms with Crippen LogP contribution in [0.5, 0.6) is 5.88 Å². The molecule has 152 valence electrons. The van der Waals surface area contributed by atoms with Gasteiger partial charge in [-0.05, 0) is 29.8 Å². The number of benzene rings is 1. The zero-order valence-electron chi connectivity index (χ0n) is 14.8. The van der Waals surface area contributed by atoms with Gasteiger partial charge in [0.1, 0.15) is 0 Å². The van der Waals surface area contributed by atoms with Crippen molar-refractivity contribution in [2.75, 3.05) is 0 Å². The van der Waals surface area contributed by atoms with Crippen LogP contribution in [0.1, 0.15) is 16.8 Å². The van der Waals surface area contributed by atoms with Gasteiger partial charge >= 0.3 is 6.18 Å². The van der Waals surface area contributed by atoms with Gasteiger partial charge in [0.25, 0.3) is 0 Å². The molecule has 1 aromatic carbocycles. The van der Waals surface area contributed by atoms with Gasteiger partial charge in [0, 0.05) is 29.3 Å². The average molecular weight is 425 g/mol. The molecule has 0 atom stereocenters. The van der Waals surface area contributed by atoms with E-state index in [4.69, 9.17) is 23.2 Å². The second-order valence-electron chi connectivity index (χ2n) is 6.04. The van der Waals surface area contributed by atoms with Gasteiger partial charge in [-0.15, -0.1) is 0 Å². The van der Waals surface area contributed by atoms with Crippen LogP contribution in [0, 0.1) is 0 Å². The molecule has 3 rings (SSSR count). The predicted octanol–water partition coefficient (Wildman–Crippen LogP) is 2.87. The minimum absolute atomic E-state index is 0.00873. The summed E-state index contributed by atoms with van der Waals surface area (Å²) in [7, 11) is 0. The quantitative estimate of drug-likeness (QED) is 0.370. The summed E-state index contributed by atoms with van der Waals surface area (Å²) in [5.74, 6) is 4.83. The minimum atomic E-state index is -4.76. The summed E-state index contributed by atoms with van der Waals surface area (Å²) in [6.45, 7) is 0. The van der Waals surface area contributed by atoms with E-state index in [9.17, 15) is 18.3 Å². The summed E-state index contributed by atoms with van der Waals surface area (Å²) in [4.78, 5) is 4.04. The molecule has 3 aromatic rings. The summed E-state index contributed by atoms with van der Waals surface area (Å²) >= 11 is 5.86. The number of nitrogens with two attached hydrogens (primary N) is 2. The Balaban J connectivity index is 1.94. The highest BCUT2D eigenvalue weighted by Gasteiger charge is 2.36. The van der Waals surface area contributed by atoms with Crippen molar-refractivity contribution in [3.8, 4) is 11.7 Å². The fourth-order valence-corrected chi connectivity index (χ4v) is 2.77. The predicted molar refractivity (Wildman–Crippen MR) is 102 cm³/mol. The summed E-state index contributed by atoms with van der Waals surface area (Å²) in [5.41, 5.74) is 6.75. The highest BCUT2D eigenvalue weighted by Crippen LogP contribution is 2.28. The third kappa shape index (κ3) is 4.61. The van der Waals surface area contributed by atoms with E-state index in [1.54, 1.807) is 17.6 Å². The van der Waals surface area contributed by atoms with Gasteiger partial charge in [-0.2, -0.15) is 23.0 Å². The molecular formula is C18H16ClF3N6O. The molecule has 0 amide bonds. The van der Waals surface area contributed by atoms with E-state index < -0.39 is 17.6 Å². The molecule has 7 nitrogen and oxygen atoms in total. The molecule has 6 N–H and O–H groups in total. The van der Waals surface area contributed by atoms with Gasteiger partial charge in [0.2, 0.25) is 5.88 Å². The van der Waals surface area contributed by atoms with Gasteiger partial charge in [0.15, 0.2) is 11.5 Å².